The summed E-state index contributed by atoms with van der Waals surface area (Å²) < 4.78 is 0. The van der Waals surface area contributed by atoms with E-state index < -0.39 is 0 Å². The molecule has 0 nitrogen and oxygen atoms in total. The Hall–Kier alpha value is 0.480. The van der Waals surface area contributed by atoms with Crippen molar-refractivity contribution in [1.82, 2.24) is 0 Å². The summed E-state index contributed by atoms with van der Waals surface area (Å²) in [6, 6.07) is 0. The third-order valence-electron chi connectivity index (χ3n) is 3.85. The monoisotopic (exact) mass is 274 g/mol. The number of hydrogen-bond donors (Lipinski definition) is 0. The molecular weight excluding hydrogens is 248 g/mol. The third-order valence-corrected chi connectivity index (χ3v) is 5.37. The smallest absolute Gasteiger partial charge is 0.0168 e. The van der Waals surface area contributed by atoms with E-state index >= 15 is 0 Å². The lowest BCUT2D eigenvalue weighted by Gasteiger charge is -2.32. The standard InChI is InChI=1S/C14H27Br/c1-10(2)14(15)6-5-13-8-11(3)7-12(4)9-13/h10-14H,5-9H2,1-4H3. The van der Waals surface area contributed by atoms with Crippen molar-refractivity contribution in [3.05, 3.63) is 0 Å². The minimum absolute atomic E-state index is 0.727. The van der Waals surface area contributed by atoms with E-state index in [2.05, 4.69) is 43.6 Å². The highest BCUT2D eigenvalue weighted by Gasteiger charge is 2.24. The normalized spacial score (nSPS) is 34.4. The summed E-state index contributed by atoms with van der Waals surface area (Å²) in [5, 5.41) is 0. The predicted molar refractivity (Wildman–Crippen MR) is 72.5 cm³/mol. The van der Waals surface area contributed by atoms with Crippen molar-refractivity contribution in [1.29, 1.82) is 0 Å². The van der Waals surface area contributed by atoms with Gasteiger partial charge in [-0.25, -0.2) is 0 Å². The molecule has 15 heavy (non-hydrogen) atoms. The molecular formula is C14H27Br. The molecule has 90 valence electrons. The largest absolute Gasteiger partial charge is 0.0888 e. The van der Waals surface area contributed by atoms with Crippen molar-refractivity contribution >= 4 is 15.9 Å². The van der Waals surface area contributed by atoms with Crippen LogP contribution in [0.4, 0.5) is 0 Å². The summed E-state index contributed by atoms with van der Waals surface area (Å²) in [5.41, 5.74) is 0. The van der Waals surface area contributed by atoms with Gasteiger partial charge in [-0.2, -0.15) is 0 Å². The number of alkyl halides is 1. The Balaban J connectivity index is 2.26. The van der Waals surface area contributed by atoms with Crippen LogP contribution in [0.2, 0.25) is 0 Å². The Kier molecular flexibility index (Phi) is 5.66. The van der Waals surface area contributed by atoms with Gasteiger partial charge in [0.2, 0.25) is 0 Å². The van der Waals surface area contributed by atoms with Crippen LogP contribution in [0.1, 0.15) is 59.8 Å². The van der Waals surface area contributed by atoms with Crippen LogP contribution in [0.25, 0.3) is 0 Å². The van der Waals surface area contributed by atoms with Gasteiger partial charge >= 0.3 is 0 Å². The maximum Gasteiger partial charge on any atom is 0.0168 e. The molecule has 3 unspecified atom stereocenters. The Bertz CT molecular complexity index is 166. The predicted octanol–water partition coefficient (Wildman–Crippen LogP) is 5.26. The minimum Gasteiger partial charge on any atom is -0.0888 e. The molecule has 0 aromatic carbocycles. The topological polar surface area (TPSA) is 0 Å². The molecule has 0 N–H and O–H groups in total. The summed E-state index contributed by atoms with van der Waals surface area (Å²) in [4.78, 5) is 0.727. The molecule has 0 heterocycles. The van der Waals surface area contributed by atoms with E-state index in [1.807, 2.05) is 0 Å². The van der Waals surface area contributed by atoms with Crippen LogP contribution >= 0.6 is 15.9 Å². The lowest BCUT2D eigenvalue weighted by atomic mass is 9.75. The zero-order valence-corrected chi connectivity index (χ0v) is 12.4. The van der Waals surface area contributed by atoms with E-state index in [0.29, 0.717) is 0 Å². The van der Waals surface area contributed by atoms with Crippen LogP contribution in [0, 0.1) is 23.7 Å². The maximum absolute atomic E-state index is 3.80. The summed E-state index contributed by atoms with van der Waals surface area (Å²) in [6.07, 6.45) is 7.20. The molecule has 0 radical (unpaired) electrons. The summed E-state index contributed by atoms with van der Waals surface area (Å²) in [5.74, 6) is 3.71. The van der Waals surface area contributed by atoms with Crippen molar-refractivity contribution in [3.8, 4) is 0 Å². The van der Waals surface area contributed by atoms with Crippen molar-refractivity contribution in [3.63, 3.8) is 0 Å². The molecule has 3 atom stereocenters. The van der Waals surface area contributed by atoms with Crippen LogP contribution in [-0.2, 0) is 0 Å². The van der Waals surface area contributed by atoms with Crippen LogP contribution in [0.15, 0.2) is 0 Å². The zero-order valence-electron chi connectivity index (χ0n) is 10.8. The Morgan fingerprint density at radius 1 is 1.07 bits per heavy atom. The van der Waals surface area contributed by atoms with E-state index in [1.54, 1.807) is 0 Å². The van der Waals surface area contributed by atoms with E-state index in [4.69, 9.17) is 0 Å². The molecule has 1 aliphatic rings. The second-order valence-corrected chi connectivity index (χ2v) is 7.30. The van der Waals surface area contributed by atoms with Crippen molar-refractivity contribution in [2.24, 2.45) is 23.7 Å². The van der Waals surface area contributed by atoms with Crippen molar-refractivity contribution < 1.29 is 0 Å². The first-order valence-corrected chi connectivity index (χ1v) is 7.54. The molecule has 1 fully saturated rings. The van der Waals surface area contributed by atoms with E-state index in [0.717, 1.165) is 28.5 Å². The number of halogens is 1. The molecule has 0 aliphatic heterocycles. The second kappa shape index (κ2) is 6.27. The molecule has 1 heteroatoms. The second-order valence-electron chi connectivity index (χ2n) is 6.12. The molecule has 0 aromatic rings. The Labute approximate surface area is 104 Å². The molecule has 0 amide bonds. The van der Waals surface area contributed by atoms with Crippen LogP contribution in [-0.4, -0.2) is 4.83 Å². The highest BCUT2D eigenvalue weighted by atomic mass is 79.9. The van der Waals surface area contributed by atoms with Crippen molar-refractivity contribution in [2.75, 3.05) is 0 Å². The van der Waals surface area contributed by atoms with Gasteiger partial charge in [0.15, 0.2) is 0 Å². The Morgan fingerprint density at radius 2 is 1.60 bits per heavy atom. The average Bonchev–Trinajstić information content (AvgIpc) is 2.12. The Morgan fingerprint density at radius 3 is 2.07 bits per heavy atom. The average molecular weight is 275 g/mol. The van der Waals surface area contributed by atoms with Gasteiger partial charge in [-0.1, -0.05) is 43.6 Å². The molecule has 1 saturated carbocycles. The van der Waals surface area contributed by atoms with Gasteiger partial charge in [0.25, 0.3) is 0 Å². The van der Waals surface area contributed by atoms with E-state index in [9.17, 15) is 0 Å². The zero-order chi connectivity index (χ0) is 11.4. The highest BCUT2D eigenvalue weighted by Crippen LogP contribution is 2.36. The van der Waals surface area contributed by atoms with Gasteiger partial charge in [-0.3, -0.25) is 0 Å². The van der Waals surface area contributed by atoms with E-state index in [-0.39, 0.29) is 0 Å². The minimum atomic E-state index is 0.727. The fraction of sp³-hybridized carbons (Fsp3) is 1.00. The summed E-state index contributed by atoms with van der Waals surface area (Å²) >= 11 is 3.80. The molecule has 0 saturated heterocycles. The maximum atomic E-state index is 3.80. The van der Waals surface area contributed by atoms with Crippen LogP contribution < -0.4 is 0 Å². The quantitative estimate of drug-likeness (QED) is 0.614. The number of hydrogen-bond acceptors (Lipinski definition) is 0. The molecule has 0 aromatic heterocycles. The lowest BCUT2D eigenvalue weighted by Crippen LogP contribution is -2.20. The SMILES string of the molecule is CC1CC(C)CC(CCC(Br)C(C)C)C1. The molecule has 0 bridgehead atoms. The van der Waals surface area contributed by atoms with Crippen LogP contribution in [0.5, 0.6) is 0 Å². The van der Waals surface area contributed by atoms with E-state index in [1.165, 1.54) is 32.1 Å². The van der Waals surface area contributed by atoms with Gasteiger partial charge in [0.1, 0.15) is 0 Å². The lowest BCUT2D eigenvalue weighted by molar-refractivity contribution is 0.206. The van der Waals surface area contributed by atoms with Gasteiger partial charge < -0.3 is 0 Å². The first-order chi connectivity index (χ1) is 6.99. The van der Waals surface area contributed by atoms with Crippen LogP contribution in [0.3, 0.4) is 0 Å². The van der Waals surface area contributed by atoms with Gasteiger partial charge in [0, 0.05) is 4.83 Å². The first-order valence-electron chi connectivity index (χ1n) is 6.63. The fourth-order valence-electron chi connectivity index (χ4n) is 3.08. The molecule has 0 spiro atoms. The summed E-state index contributed by atoms with van der Waals surface area (Å²) in [6.45, 7) is 9.48. The third kappa shape index (κ3) is 4.89. The van der Waals surface area contributed by atoms with Crippen molar-refractivity contribution in [2.45, 2.75) is 64.6 Å². The molecule has 1 rings (SSSR count). The number of rotatable bonds is 4. The molecule has 1 aliphatic carbocycles. The van der Waals surface area contributed by atoms with Gasteiger partial charge in [-0.15, -0.1) is 0 Å². The highest BCUT2D eigenvalue weighted by molar-refractivity contribution is 9.09. The van der Waals surface area contributed by atoms with Gasteiger partial charge in [-0.05, 0) is 55.8 Å². The van der Waals surface area contributed by atoms with Gasteiger partial charge in [0.05, 0.1) is 0 Å². The first kappa shape index (κ1) is 13.5. The summed E-state index contributed by atoms with van der Waals surface area (Å²) in [7, 11) is 0. The fourth-order valence-corrected chi connectivity index (χ4v) is 3.34.